The van der Waals surface area contributed by atoms with Crippen molar-refractivity contribution in [1.29, 1.82) is 0 Å². The highest BCUT2D eigenvalue weighted by molar-refractivity contribution is 6.34. The minimum Gasteiger partial charge on any atom is -0.444 e. The number of amides is 2. The molecule has 1 unspecified atom stereocenters. The summed E-state index contributed by atoms with van der Waals surface area (Å²) < 4.78 is 5.42. The summed E-state index contributed by atoms with van der Waals surface area (Å²) in [6, 6.07) is 3.55. The molecule has 0 bridgehead atoms. The van der Waals surface area contributed by atoms with E-state index in [1.807, 2.05) is 26.8 Å². The van der Waals surface area contributed by atoms with Crippen LogP contribution in [-0.4, -0.2) is 52.6 Å². The zero-order valence-corrected chi connectivity index (χ0v) is 17.5. The maximum Gasteiger partial charge on any atom is 0.410 e. The highest BCUT2D eigenvalue weighted by Gasteiger charge is 2.56. The molecule has 1 aliphatic carbocycles. The van der Waals surface area contributed by atoms with Crippen LogP contribution in [-0.2, 0) is 11.3 Å². The molecule has 4 rings (SSSR count). The molecule has 6 nitrogen and oxygen atoms in total. The number of aliphatic hydroxyl groups is 1. The monoisotopic (exact) mass is 406 g/mol. The van der Waals surface area contributed by atoms with Gasteiger partial charge < -0.3 is 19.6 Å². The third-order valence-corrected chi connectivity index (χ3v) is 6.43. The fraction of sp³-hybridized carbons (Fsp3) is 0.619. The summed E-state index contributed by atoms with van der Waals surface area (Å²) in [5.41, 5.74) is 1.79. The summed E-state index contributed by atoms with van der Waals surface area (Å²) >= 11 is 6.22. The maximum atomic E-state index is 12.3. The lowest BCUT2D eigenvalue weighted by Gasteiger charge is -2.59. The molecule has 0 aromatic heterocycles. The number of hydrogen-bond acceptors (Lipinski definition) is 4. The first kappa shape index (κ1) is 19.5. The molecular weight excluding hydrogens is 380 g/mol. The molecule has 7 heteroatoms. The first-order valence-electron chi connectivity index (χ1n) is 9.72. The van der Waals surface area contributed by atoms with Crippen LogP contribution in [0.1, 0.15) is 61.2 Å². The predicted octanol–water partition coefficient (Wildman–Crippen LogP) is 3.61. The molecule has 0 radical (unpaired) electrons. The second-order valence-electron chi connectivity index (χ2n) is 9.60. The van der Waals surface area contributed by atoms with Crippen LogP contribution in [0.25, 0.3) is 0 Å². The van der Waals surface area contributed by atoms with Gasteiger partial charge in [0.15, 0.2) is 0 Å². The molecule has 2 aliphatic heterocycles. The van der Waals surface area contributed by atoms with Crippen molar-refractivity contribution in [2.75, 3.05) is 20.1 Å². The Hall–Kier alpha value is -1.79. The zero-order valence-electron chi connectivity index (χ0n) is 16.8. The van der Waals surface area contributed by atoms with Gasteiger partial charge in [-0.05, 0) is 56.7 Å². The van der Waals surface area contributed by atoms with E-state index in [1.54, 1.807) is 22.9 Å². The third-order valence-electron chi connectivity index (χ3n) is 6.11. The molecule has 28 heavy (non-hydrogen) atoms. The Labute approximate surface area is 170 Å². The van der Waals surface area contributed by atoms with Crippen LogP contribution in [0, 0.1) is 11.3 Å². The SMILES string of the molecule is CN1Cc2c(C(O)C3CC4(C3)CN(C(=O)OC(C)(C)C)C4)ccc(Cl)c2C1=O. The van der Waals surface area contributed by atoms with Gasteiger partial charge in [0.25, 0.3) is 5.91 Å². The molecule has 1 atom stereocenters. The van der Waals surface area contributed by atoms with E-state index >= 15 is 0 Å². The first-order valence-corrected chi connectivity index (χ1v) is 10.1. The number of carbonyl (C=O) groups is 2. The van der Waals surface area contributed by atoms with Crippen molar-refractivity contribution >= 4 is 23.6 Å². The maximum absolute atomic E-state index is 12.3. The Bertz CT molecular complexity index is 834. The molecule has 1 saturated carbocycles. The summed E-state index contributed by atoms with van der Waals surface area (Å²) in [5, 5.41) is 11.4. The van der Waals surface area contributed by atoms with Gasteiger partial charge in [-0.1, -0.05) is 17.7 Å². The lowest BCUT2D eigenvalue weighted by Crippen LogP contribution is -2.64. The van der Waals surface area contributed by atoms with Gasteiger partial charge in [-0.25, -0.2) is 4.79 Å². The average Bonchev–Trinajstić information content (AvgIpc) is 2.79. The van der Waals surface area contributed by atoms with Gasteiger partial charge >= 0.3 is 6.09 Å². The number of fused-ring (bicyclic) bond motifs is 1. The standard InChI is InChI=1S/C21H27ClN2O4/c1-20(2,3)28-19(27)24-10-21(11-24)7-12(8-21)17(25)13-5-6-15(22)16-14(13)9-23(4)18(16)26/h5-6,12,17,25H,7-11H2,1-4H3. The molecule has 2 heterocycles. The molecule has 1 aromatic carbocycles. The summed E-state index contributed by atoms with van der Waals surface area (Å²) in [7, 11) is 1.74. The van der Waals surface area contributed by atoms with Crippen LogP contribution in [0.5, 0.6) is 0 Å². The van der Waals surface area contributed by atoms with E-state index in [9.17, 15) is 14.7 Å². The van der Waals surface area contributed by atoms with Crippen LogP contribution in [0.4, 0.5) is 4.79 Å². The van der Waals surface area contributed by atoms with E-state index in [-0.39, 0.29) is 23.3 Å². The highest BCUT2D eigenvalue weighted by atomic mass is 35.5. The molecule has 3 aliphatic rings. The van der Waals surface area contributed by atoms with E-state index in [4.69, 9.17) is 16.3 Å². The average molecular weight is 407 g/mol. The fourth-order valence-electron chi connectivity index (χ4n) is 4.82. The third kappa shape index (κ3) is 3.16. The molecule has 152 valence electrons. The topological polar surface area (TPSA) is 70.1 Å². The number of carbonyl (C=O) groups excluding carboxylic acids is 2. The Balaban J connectivity index is 1.39. The largest absolute Gasteiger partial charge is 0.444 e. The van der Waals surface area contributed by atoms with Crippen molar-refractivity contribution in [2.45, 2.75) is 51.9 Å². The number of rotatable bonds is 2. The van der Waals surface area contributed by atoms with Crippen molar-refractivity contribution in [3.63, 3.8) is 0 Å². The van der Waals surface area contributed by atoms with Crippen molar-refractivity contribution < 1.29 is 19.4 Å². The molecule has 1 spiro atoms. The fourth-order valence-corrected chi connectivity index (χ4v) is 5.08. The minimum atomic E-state index is -0.619. The van der Waals surface area contributed by atoms with Crippen LogP contribution < -0.4 is 0 Å². The smallest absolute Gasteiger partial charge is 0.410 e. The molecule has 1 N–H and O–H groups in total. The van der Waals surface area contributed by atoms with E-state index in [0.717, 1.165) is 24.0 Å². The van der Waals surface area contributed by atoms with Crippen LogP contribution >= 0.6 is 11.6 Å². The van der Waals surface area contributed by atoms with Gasteiger partial charge in [0.2, 0.25) is 0 Å². The van der Waals surface area contributed by atoms with E-state index in [1.165, 1.54) is 0 Å². The van der Waals surface area contributed by atoms with E-state index < -0.39 is 11.7 Å². The molecular formula is C21H27ClN2O4. The lowest BCUT2D eigenvalue weighted by atomic mass is 9.55. The number of likely N-dealkylation sites (tertiary alicyclic amines) is 1. The predicted molar refractivity (Wildman–Crippen MR) is 105 cm³/mol. The van der Waals surface area contributed by atoms with Crippen molar-refractivity contribution in [2.24, 2.45) is 11.3 Å². The molecule has 1 aromatic rings. The minimum absolute atomic E-state index is 0.0916. The number of hydrogen-bond donors (Lipinski definition) is 1. The molecule has 2 amide bonds. The van der Waals surface area contributed by atoms with Crippen molar-refractivity contribution in [3.05, 3.63) is 33.8 Å². The van der Waals surface area contributed by atoms with Gasteiger partial charge in [-0.3, -0.25) is 4.79 Å². The van der Waals surface area contributed by atoms with Crippen LogP contribution in [0.3, 0.4) is 0 Å². The Morgan fingerprint density at radius 2 is 1.96 bits per heavy atom. The van der Waals surface area contributed by atoms with E-state index in [2.05, 4.69) is 0 Å². The van der Waals surface area contributed by atoms with Gasteiger partial charge in [-0.15, -0.1) is 0 Å². The van der Waals surface area contributed by atoms with Gasteiger partial charge in [0, 0.05) is 32.1 Å². The summed E-state index contributed by atoms with van der Waals surface area (Å²) in [4.78, 5) is 27.8. The van der Waals surface area contributed by atoms with Crippen molar-refractivity contribution in [1.82, 2.24) is 9.80 Å². The van der Waals surface area contributed by atoms with Gasteiger partial charge in [-0.2, -0.15) is 0 Å². The number of nitrogens with zero attached hydrogens (tertiary/aromatic N) is 2. The van der Waals surface area contributed by atoms with Gasteiger partial charge in [0.05, 0.1) is 16.7 Å². The summed E-state index contributed by atoms with van der Waals surface area (Å²) in [6.07, 6.45) is 0.856. The van der Waals surface area contributed by atoms with Gasteiger partial charge in [0.1, 0.15) is 5.60 Å². The summed E-state index contributed by atoms with van der Waals surface area (Å²) in [5.74, 6) is 0.0400. The lowest BCUT2D eigenvalue weighted by molar-refractivity contribution is -0.123. The number of halogens is 1. The zero-order chi connectivity index (χ0) is 20.4. The number of ether oxygens (including phenoxy) is 1. The Morgan fingerprint density at radius 3 is 2.57 bits per heavy atom. The highest BCUT2D eigenvalue weighted by Crippen LogP contribution is 2.56. The summed E-state index contributed by atoms with van der Waals surface area (Å²) in [6.45, 7) is 7.44. The van der Waals surface area contributed by atoms with Crippen LogP contribution in [0.15, 0.2) is 12.1 Å². The first-order chi connectivity index (χ1) is 13.0. The normalized spacial score (nSPS) is 22.0. The quantitative estimate of drug-likeness (QED) is 0.814. The Morgan fingerprint density at radius 1 is 1.32 bits per heavy atom. The van der Waals surface area contributed by atoms with Crippen LogP contribution in [0.2, 0.25) is 5.02 Å². The Kier molecular flexibility index (Phi) is 4.43. The molecule has 2 fully saturated rings. The van der Waals surface area contributed by atoms with E-state index in [0.29, 0.717) is 30.2 Å². The molecule has 1 saturated heterocycles. The number of aliphatic hydroxyl groups excluding tert-OH is 1. The second-order valence-corrected chi connectivity index (χ2v) is 10.0. The number of benzene rings is 1. The second kappa shape index (κ2) is 6.36. The van der Waals surface area contributed by atoms with Crippen molar-refractivity contribution in [3.8, 4) is 0 Å².